The van der Waals surface area contributed by atoms with E-state index in [-0.39, 0.29) is 12.5 Å². The number of azide groups is 1. The number of carbonyl (C=O) groups is 1. The van der Waals surface area contributed by atoms with Gasteiger partial charge in [-0.3, -0.25) is 4.79 Å². The highest BCUT2D eigenvalue weighted by molar-refractivity contribution is 5.95. The SMILES string of the molecule is CCN(C(=O)CN=[N+]=[N-])c1ccccc1C. The zero-order valence-electron chi connectivity index (χ0n) is 9.42. The van der Waals surface area contributed by atoms with E-state index in [9.17, 15) is 4.79 Å². The third-order valence-corrected chi connectivity index (χ3v) is 2.29. The summed E-state index contributed by atoms with van der Waals surface area (Å²) in [6, 6.07) is 7.63. The molecule has 0 aliphatic carbocycles. The molecule has 0 unspecified atom stereocenters. The lowest BCUT2D eigenvalue weighted by molar-refractivity contribution is -0.117. The molecule has 0 aliphatic rings. The average molecular weight is 218 g/mol. The van der Waals surface area contributed by atoms with Crippen LogP contribution in [0.2, 0.25) is 0 Å². The number of benzene rings is 1. The maximum Gasteiger partial charge on any atom is 0.232 e. The summed E-state index contributed by atoms with van der Waals surface area (Å²) < 4.78 is 0. The van der Waals surface area contributed by atoms with Crippen LogP contribution in [0.1, 0.15) is 12.5 Å². The van der Waals surface area contributed by atoms with Crippen LogP contribution in [0.4, 0.5) is 5.69 Å². The summed E-state index contributed by atoms with van der Waals surface area (Å²) in [4.78, 5) is 15.9. The fourth-order valence-corrected chi connectivity index (χ4v) is 1.52. The van der Waals surface area contributed by atoms with Gasteiger partial charge < -0.3 is 4.90 Å². The van der Waals surface area contributed by atoms with Gasteiger partial charge in [0.25, 0.3) is 0 Å². The quantitative estimate of drug-likeness (QED) is 0.435. The molecule has 0 saturated carbocycles. The van der Waals surface area contributed by atoms with Crippen molar-refractivity contribution in [2.24, 2.45) is 5.11 Å². The van der Waals surface area contributed by atoms with Gasteiger partial charge in [-0.05, 0) is 31.0 Å². The summed E-state index contributed by atoms with van der Waals surface area (Å²) in [5.74, 6) is -0.186. The number of likely N-dealkylation sites (N-methyl/N-ethyl adjacent to an activating group) is 1. The maximum atomic E-state index is 11.7. The van der Waals surface area contributed by atoms with Crippen molar-refractivity contribution in [2.45, 2.75) is 13.8 Å². The van der Waals surface area contributed by atoms with E-state index >= 15 is 0 Å². The minimum Gasteiger partial charge on any atom is -0.312 e. The van der Waals surface area contributed by atoms with Gasteiger partial charge in [0.2, 0.25) is 5.91 Å². The molecule has 1 aromatic rings. The molecule has 0 aliphatic heterocycles. The average Bonchev–Trinajstić information content (AvgIpc) is 2.30. The van der Waals surface area contributed by atoms with Crippen molar-refractivity contribution in [3.8, 4) is 0 Å². The van der Waals surface area contributed by atoms with Crippen LogP contribution in [-0.4, -0.2) is 19.0 Å². The van der Waals surface area contributed by atoms with Crippen molar-refractivity contribution in [3.63, 3.8) is 0 Å². The second-order valence-electron chi connectivity index (χ2n) is 3.31. The highest BCUT2D eigenvalue weighted by Gasteiger charge is 2.13. The number of nitrogens with zero attached hydrogens (tertiary/aromatic N) is 4. The normalized spacial score (nSPS) is 9.38. The first-order chi connectivity index (χ1) is 7.70. The largest absolute Gasteiger partial charge is 0.312 e. The molecule has 0 N–H and O–H groups in total. The summed E-state index contributed by atoms with van der Waals surface area (Å²) in [7, 11) is 0. The number of rotatable bonds is 4. The summed E-state index contributed by atoms with van der Waals surface area (Å²) in [5, 5.41) is 3.29. The number of hydrogen-bond donors (Lipinski definition) is 0. The van der Waals surface area contributed by atoms with Crippen molar-refractivity contribution in [3.05, 3.63) is 40.3 Å². The molecule has 0 atom stereocenters. The van der Waals surface area contributed by atoms with E-state index in [2.05, 4.69) is 10.0 Å². The molecule has 0 bridgehead atoms. The maximum absolute atomic E-state index is 11.7. The molecule has 16 heavy (non-hydrogen) atoms. The van der Waals surface area contributed by atoms with Crippen molar-refractivity contribution in [1.82, 2.24) is 0 Å². The Morgan fingerprint density at radius 3 is 2.75 bits per heavy atom. The number of hydrogen-bond acceptors (Lipinski definition) is 2. The highest BCUT2D eigenvalue weighted by atomic mass is 16.2. The monoisotopic (exact) mass is 218 g/mol. The van der Waals surface area contributed by atoms with Crippen LogP contribution in [0, 0.1) is 6.92 Å². The van der Waals surface area contributed by atoms with Gasteiger partial charge in [-0.15, -0.1) is 0 Å². The topological polar surface area (TPSA) is 69.1 Å². The third-order valence-electron chi connectivity index (χ3n) is 2.29. The number of carbonyl (C=O) groups excluding carboxylic acids is 1. The Hall–Kier alpha value is -2.00. The van der Waals surface area contributed by atoms with Crippen molar-refractivity contribution in [1.29, 1.82) is 0 Å². The molecule has 0 aromatic heterocycles. The highest BCUT2D eigenvalue weighted by Crippen LogP contribution is 2.19. The molecule has 1 amide bonds. The standard InChI is InChI=1S/C11H14N4O/c1-3-15(11(16)8-13-14-12)10-7-5-4-6-9(10)2/h4-7H,3,8H2,1-2H3. The van der Waals surface area contributed by atoms with Gasteiger partial charge in [-0.1, -0.05) is 23.3 Å². The van der Waals surface area contributed by atoms with E-state index in [4.69, 9.17) is 5.53 Å². The molecule has 84 valence electrons. The summed E-state index contributed by atoms with van der Waals surface area (Å²) in [6.07, 6.45) is 0. The molecule has 0 heterocycles. The van der Waals surface area contributed by atoms with E-state index in [1.807, 2.05) is 38.1 Å². The smallest absolute Gasteiger partial charge is 0.232 e. The van der Waals surface area contributed by atoms with Gasteiger partial charge in [0.1, 0.15) is 6.54 Å². The Balaban J connectivity index is 2.94. The Morgan fingerprint density at radius 2 is 2.19 bits per heavy atom. The molecule has 5 nitrogen and oxygen atoms in total. The molecule has 1 rings (SSSR count). The summed E-state index contributed by atoms with van der Waals surface area (Å²) in [5.41, 5.74) is 10.1. The minimum atomic E-state index is -0.186. The molecule has 0 fully saturated rings. The van der Waals surface area contributed by atoms with Crippen molar-refractivity contribution >= 4 is 11.6 Å². The molecular formula is C11H14N4O. The fourth-order valence-electron chi connectivity index (χ4n) is 1.52. The van der Waals surface area contributed by atoms with Crippen LogP contribution in [-0.2, 0) is 4.79 Å². The van der Waals surface area contributed by atoms with E-state index in [0.717, 1.165) is 11.3 Å². The van der Waals surface area contributed by atoms with E-state index in [1.165, 1.54) is 0 Å². The first-order valence-electron chi connectivity index (χ1n) is 5.07. The van der Waals surface area contributed by atoms with Crippen LogP contribution in [0.3, 0.4) is 0 Å². The molecule has 0 radical (unpaired) electrons. The van der Waals surface area contributed by atoms with Crippen molar-refractivity contribution in [2.75, 3.05) is 18.0 Å². The van der Waals surface area contributed by atoms with Crippen LogP contribution in [0.25, 0.3) is 10.4 Å². The third kappa shape index (κ3) is 2.74. The Morgan fingerprint density at radius 1 is 1.50 bits per heavy atom. The van der Waals surface area contributed by atoms with Gasteiger partial charge in [-0.25, -0.2) is 0 Å². The predicted octanol–water partition coefficient (Wildman–Crippen LogP) is 2.66. The van der Waals surface area contributed by atoms with Gasteiger partial charge >= 0.3 is 0 Å². The second-order valence-corrected chi connectivity index (χ2v) is 3.31. The van der Waals surface area contributed by atoms with Gasteiger partial charge in [0.05, 0.1) is 0 Å². The first-order valence-corrected chi connectivity index (χ1v) is 5.07. The lowest BCUT2D eigenvalue weighted by Gasteiger charge is -2.22. The van der Waals surface area contributed by atoms with Crippen LogP contribution in [0.15, 0.2) is 29.4 Å². The van der Waals surface area contributed by atoms with Gasteiger partial charge in [0, 0.05) is 17.1 Å². The fraction of sp³-hybridized carbons (Fsp3) is 0.364. The minimum absolute atomic E-state index is 0.140. The van der Waals surface area contributed by atoms with Gasteiger partial charge in [0.15, 0.2) is 0 Å². The van der Waals surface area contributed by atoms with Gasteiger partial charge in [-0.2, -0.15) is 0 Å². The Labute approximate surface area is 94.3 Å². The Bertz CT molecular complexity index is 424. The van der Waals surface area contributed by atoms with Crippen LogP contribution in [0.5, 0.6) is 0 Å². The lowest BCUT2D eigenvalue weighted by atomic mass is 10.2. The van der Waals surface area contributed by atoms with Crippen LogP contribution < -0.4 is 4.90 Å². The summed E-state index contributed by atoms with van der Waals surface area (Å²) >= 11 is 0. The number of aryl methyl sites for hydroxylation is 1. The van der Waals surface area contributed by atoms with E-state index in [1.54, 1.807) is 4.90 Å². The predicted molar refractivity (Wildman–Crippen MR) is 63.2 cm³/mol. The lowest BCUT2D eigenvalue weighted by Crippen LogP contribution is -2.32. The molecule has 0 saturated heterocycles. The van der Waals surface area contributed by atoms with Crippen LogP contribution >= 0.6 is 0 Å². The first kappa shape index (κ1) is 12.1. The van der Waals surface area contributed by atoms with Crippen molar-refractivity contribution < 1.29 is 4.79 Å². The second kappa shape index (κ2) is 5.78. The van der Waals surface area contributed by atoms with E-state index < -0.39 is 0 Å². The number of para-hydroxylation sites is 1. The number of amides is 1. The number of anilines is 1. The van der Waals surface area contributed by atoms with E-state index in [0.29, 0.717) is 6.54 Å². The molecule has 1 aromatic carbocycles. The Kier molecular flexibility index (Phi) is 4.36. The molecular weight excluding hydrogens is 204 g/mol. The summed E-state index contributed by atoms with van der Waals surface area (Å²) in [6.45, 7) is 4.25. The zero-order valence-corrected chi connectivity index (χ0v) is 9.42. The molecule has 5 heteroatoms. The zero-order chi connectivity index (χ0) is 12.0. The molecule has 0 spiro atoms.